The maximum Gasteiger partial charge on any atom is 0.419 e. The maximum atomic E-state index is 13.3. The Bertz CT molecular complexity index is 437. The van der Waals surface area contributed by atoms with E-state index in [1.165, 1.54) is 0 Å². The molecule has 1 aromatic rings. The molecular weight excluding hydrogens is 248 g/mol. The van der Waals surface area contributed by atoms with E-state index >= 15 is 0 Å². The third kappa shape index (κ3) is 3.09. The molecule has 0 radical (unpaired) electrons. The van der Waals surface area contributed by atoms with Gasteiger partial charge in [0.25, 0.3) is 0 Å². The van der Waals surface area contributed by atoms with Gasteiger partial charge in [-0.1, -0.05) is 32.4 Å². The van der Waals surface area contributed by atoms with Crippen LogP contribution in [0.5, 0.6) is 0 Å². The second kappa shape index (κ2) is 5.50. The fourth-order valence-corrected chi connectivity index (χ4v) is 1.85. The molecule has 0 spiro atoms. The molecule has 1 unspecified atom stereocenters. The van der Waals surface area contributed by atoms with E-state index in [-0.39, 0.29) is 0 Å². The standard InChI is InChI=1S/C13H14F4O/c1-3-5-8(2)12(18)9-6-4-7-10(14)11(9)13(15,16)17/h4,6-8H,3,5H2,1-2H3. The summed E-state index contributed by atoms with van der Waals surface area (Å²) in [6, 6.07) is 2.86. The zero-order valence-corrected chi connectivity index (χ0v) is 10.1. The van der Waals surface area contributed by atoms with Crippen molar-refractivity contribution in [2.75, 3.05) is 0 Å². The lowest BCUT2D eigenvalue weighted by Gasteiger charge is -2.15. The number of hydrogen-bond donors (Lipinski definition) is 0. The molecule has 1 atom stereocenters. The van der Waals surface area contributed by atoms with E-state index in [9.17, 15) is 22.4 Å². The van der Waals surface area contributed by atoms with Gasteiger partial charge < -0.3 is 0 Å². The van der Waals surface area contributed by atoms with Crippen molar-refractivity contribution in [1.82, 2.24) is 0 Å². The molecule has 0 bridgehead atoms. The highest BCUT2D eigenvalue weighted by molar-refractivity contribution is 5.99. The van der Waals surface area contributed by atoms with Crippen LogP contribution in [0.1, 0.15) is 42.6 Å². The summed E-state index contributed by atoms with van der Waals surface area (Å²) in [7, 11) is 0. The number of alkyl halides is 3. The van der Waals surface area contributed by atoms with Gasteiger partial charge in [-0.05, 0) is 12.5 Å². The van der Waals surface area contributed by atoms with E-state index in [1.54, 1.807) is 6.92 Å². The molecule has 18 heavy (non-hydrogen) atoms. The van der Waals surface area contributed by atoms with Gasteiger partial charge >= 0.3 is 6.18 Å². The van der Waals surface area contributed by atoms with Crippen molar-refractivity contribution >= 4 is 5.78 Å². The van der Waals surface area contributed by atoms with E-state index < -0.39 is 34.8 Å². The van der Waals surface area contributed by atoms with Crippen molar-refractivity contribution < 1.29 is 22.4 Å². The van der Waals surface area contributed by atoms with Gasteiger partial charge in [-0.15, -0.1) is 0 Å². The molecule has 100 valence electrons. The average Bonchev–Trinajstić information content (AvgIpc) is 2.26. The minimum absolute atomic E-state index is 0.479. The molecule has 0 aliphatic carbocycles. The third-order valence-corrected chi connectivity index (χ3v) is 2.73. The van der Waals surface area contributed by atoms with Crippen LogP contribution in [-0.2, 0) is 6.18 Å². The number of halogens is 4. The molecule has 0 saturated carbocycles. The Morgan fingerprint density at radius 2 is 1.94 bits per heavy atom. The SMILES string of the molecule is CCCC(C)C(=O)c1cccc(F)c1C(F)(F)F. The number of carbonyl (C=O) groups excluding carboxylic acids is 1. The zero-order valence-electron chi connectivity index (χ0n) is 10.1. The summed E-state index contributed by atoms with van der Waals surface area (Å²) in [6.45, 7) is 3.39. The Kier molecular flexibility index (Phi) is 4.48. The Balaban J connectivity index is 3.25. The van der Waals surface area contributed by atoms with Gasteiger partial charge in [-0.2, -0.15) is 13.2 Å². The van der Waals surface area contributed by atoms with Crippen molar-refractivity contribution in [2.24, 2.45) is 5.92 Å². The summed E-state index contributed by atoms with van der Waals surface area (Å²) in [5.74, 6) is -2.61. The molecule has 1 rings (SSSR count). The molecule has 0 aliphatic rings. The van der Waals surface area contributed by atoms with Crippen LogP contribution in [0.2, 0.25) is 0 Å². The Hall–Kier alpha value is -1.39. The summed E-state index contributed by atoms with van der Waals surface area (Å²) in [4.78, 5) is 11.9. The first kappa shape index (κ1) is 14.7. The van der Waals surface area contributed by atoms with Crippen LogP contribution in [0.3, 0.4) is 0 Å². The highest BCUT2D eigenvalue weighted by atomic mass is 19.4. The van der Waals surface area contributed by atoms with Crippen LogP contribution in [0.4, 0.5) is 17.6 Å². The maximum absolute atomic E-state index is 13.3. The summed E-state index contributed by atoms with van der Waals surface area (Å²) in [5, 5.41) is 0. The van der Waals surface area contributed by atoms with Crippen molar-refractivity contribution in [2.45, 2.75) is 32.9 Å². The monoisotopic (exact) mass is 262 g/mol. The average molecular weight is 262 g/mol. The first-order valence-electron chi connectivity index (χ1n) is 5.69. The number of carbonyl (C=O) groups is 1. The van der Waals surface area contributed by atoms with Gasteiger partial charge in [0.15, 0.2) is 5.78 Å². The Labute approximate surface area is 103 Å². The topological polar surface area (TPSA) is 17.1 Å². The van der Waals surface area contributed by atoms with Crippen molar-refractivity contribution in [1.29, 1.82) is 0 Å². The molecule has 0 saturated heterocycles. The highest BCUT2D eigenvalue weighted by Gasteiger charge is 2.38. The van der Waals surface area contributed by atoms with Crippen LogP contribution in [0.25, 0.3) is 0 Å². The zero-order chi connectivity index (χ0) is 13.9. The van der Waals surface area contributed by atoms with Crippen LogP contribution < -0.4 is 0 Å². The number of ketones is 1. The van der Waals surface area contributed by atoms with Gasteiger partial charge in [0, 0.05) is 11.5 Å². The minimum atomic E-state index is -4.86. The van der Waals surface area contributed by atoms with E-state index in [0.29, 0.717) is 18.9 Å². The second-order valence-electron chi connectivity index (χ2n) is 4.21. The van der Waals surface area contributed by atoms with Gasteiger partial charge in [-0.25, -0.2) is 4.39 Å². The molecule has 0 N–H and O–H groups in total. The molecule has 0 aromatic heterocycles. The molecule has 5 heteroatoms. The quantitative estimate of drug-likeness (QED) is 0.578. The van der Waals surface area contributed by atoms with Crippen LogP contribution in [-0.4, -0.2) is 5.78 Å². The number of hydrogen-bond acceptors (Lipinski definition) is 1. The predicted octanol–water partition coefficient (Wildman–Crippen LogP) is 4.46. The molecule has 0 heterocycles. The third-order valence-electron chi connectivity index (χ3n) is 2.73. The predicted molar refractivity (Wildman–Crippen MR) is 59.8 cm³/mol. The number of benzene rings is 1. The molecule has 1 aromatic carbocycles. The van der Waals surface area contributed by atoms with E-state index in [4.69, 9.17) is 0 Å². The van der Waals surface area contributed by atoms with Crippen LogP contribution in [0, 0.1) is 11.7 Å². The van der Waals surface area contributed by atoms with Crippen LogP contribution >= 0.6 is 0 Å². The molecule has 0 fully saturated rings. The Morgan fingerprint density at radius 1 is 1.33 bits per heavy atom. The fourth-order valence-electron chi connectivity index (χ4n) is 1.85. The normalized spacial score (nSPS) is 13.4. The lowest BCUT2D eigenvalue weighted by atomic mass is 9.92. The lowest BCUT2D eigenvalue weighted by molar-refractivity contribution is -0.140. The van der Waals surface area contributed by atoms with Gasteiger partial charge in [0.05, 0.1) is 0 Å². The first-order chi connectivity index (χ1) is 8.29. The molecule has 0 amide bonds. The van der Waals surface area contributed by atoms with Crippen molar-refractivity contribution in [3.63, 3.8) is 0 Å². The summed E-state index contributed by atoms with van der Waals surface area (Å²) in [6.07, 6.45) is -3.70. The summed E-state index contributed by atoms with van der Waals surface area (Å²) < 4.78 is 51.5. The van der Waals surface area contributed by atoms with Gasteiger partial charge in [0.2, 0.25) is 0 Å². The minimum Gasteiger partial charge on any atom is -0.294 e. The summed E-state index contributed by atoms with van der Waals surface area (Å²) in [5.41, 5.74) is -2.04. The number of rotatable bonds is 4. The summed E-state index contributed by atoms with van der Waals surface area (Å²) >= 11 is 0. The highest BCUT2D eigenvalue weighted by Crippen LogP contribution is 2.35. The van der Waals surface area contributed by atoms with E-state index in [1.807, 2.05) is 6.92 Å². The molecule has 0 aliphatic heterocycles. The molecular formula is C13H14F4O. The van der Waals surface area contributed by atoms with Crippen molar-refractivity contribution in [3.8, 4) is 0 Å². The number of Topliss-reactive ketones (excluding diaryl/α,β-unsaturated/α-hetero) is 1. The fraction of sp³-hybridized carbons (Fsp3) is 0.462. The van der Waals surface area contributed by atoms with Crippen molar-refractivity contribution in [3.05, 3.63) is 35.1 Å². The van der Waals surface area contributed by atoms with Crippen LogP contribution in [0.15, 0.2) is 18.2 Å². The van der Waals surface area contributed by atoms with E-state index in [2.05, 4.69) is 0 Å². The van der Waals surface area contributed by atoms with E-state index in [0.717, 1.165) is 12.1 Å². The van der Waals surface area contributed by atoms with Gasteiger partial charge in [-0.3, -0.25) is 4.79 Å². The largest absolute Gasteiger partial charge is 0.419 e. The van der Waals surface area contributed by atoms with Gasteiger partial charge in [0.1, 0.15) is 11.4 Å². The Morgan fingerprint density at radius 3 is 2.44 bits per heavy atom. The lowest BCUT2D eigenvalue weighted by Crippen LogP contribution is -2.19. The molecule has 1 nitrogen and oxygen atoms in total. The first-order valence-corrected chi connectivity index (χ1v) is 5.69. The second-order valence-corrected chi connectivity index (χ2v) is 4.21. The smallest absolute Gasteiger partial charge is 0.294 e.